The minimum Gasteiger partial charge on any atom is -0.347 e. The first-order chi connectivity index (χ1) is 7.75. The SMILES string of the molecule is O=C(NCc1cnc[nH]1)c1ccc(Cl)cn1. The van der Waals surface area contributed by atoms with E-state index in [1.165, 1.54) is 6.20 Å². The first-order valence-electron chi connectivity index (χ1n) is 4.63. The number of aromatic nitrogens is 3. The lowest BCUT2D eigenvalue weighted by Gasteiger charge is -2.02. The van der Waals surface area contributed by atoms with Gasteiger partial charge in [0.1, 0.15) is 5.69 Å². The number of halogens is 1. The van der Waals surface area contributed by atoms with E-state index in [0.29, 0.717) is 17.3 Å². The zero-order valence-electron chi connectivity index (χ0n) is 8.27. The number of amides is 1. The highest BCUT2D eigenvalue weighted by molar-refractivity contribution is 6.30. The van der Waals surface area contributed by atoms with E-state index in [9.17, 15) is 4.79 Å². The Balaban J connectivity index is 1.95. The first-order valence-corrected chi connectivity index (χ1v) is 5.00. The van der Waals surface area contributed by atoms with Gasteiger partial charge in [0, 0.05) is 12.4 Å². The molecule has 0 aliphatic rings. The van der Waals surface area contributed by atoms with Gasteiger partial charge in [0.15, 0.2) is 0 Å². The molecule has 6 heteroatoms. The smallest absolute Gasteiger partial charge is 0.270 e. The van der Waals surface area contributed by atoms with Crippen LogP contribution in [-0.4, -0.2) is 20.9 Å². The van der Waals surface area contributed by atoms with Crippen molar-refractivity contribution in [3.63, 3.8) is 0 Å². The Kier molecular flexibility index (Phi) is 3.16. The van der Waals surface area contributed by atoms with Crippen LogP contribution in [-0.2, 0) is 6.54 Å². The molecule has 2 heterocycles. The number of hydrogen-bond donors (Lipinski definition) is 2. The van der Waals surface area contributed by atoms with Crippen molar-refractivity contribution in [3.05, 3.63) is 47.3 Å². The fourth-order valence-corrected chi connectivity index (χ4v) is 1.27. The third kappa shape index (κ3) is 2.58. The minimum atomic E-state index is -0.244. The average Bonchev–Trinajstić information content (AvgIpc) is 2.80. The van der Waals surface area contributed by atoms with E-state index in [2.05, 4.69) is 20.3 Å². The Morgan fingerprint density at radius 2 is 2.31 bits per heavy atom. The topological polar surface area (TPSA) is 70.7 Å². The minimum absolute atomic E-state index is 0.244. The molecule has 0 aromatic carbocycles. The summed E-state index contributed by atoms with van der Waals surface area (Å²) in [6, 6.07) is 3.20. The van der Waals surface area contributed by atoms with Gasteiger partial charge in [0.25, 0.3) is 5.91 Å². The Hall–Kier alpha value is -1.88. The van der Waals surface area contributed by atoms with E-state index in [-0.39, 0.29) is 5.91 Å². The molecule has 16 heavy (non-hydrogen) atoms. The molecule has 0 radical (unpaired) electrons. The van der Waals surface area contributed by atoms with E-state index < -0.39 is 0 Å². The summed E-state index contributed by atoms with van der Waals surface area (Å²) in [7, 11) is 0. The van der Waals surface area contributed by atoms with Gasteiger partial charge >= 0.3 is 0 Å². The number of imidazole rings is 1. The van der Waals surface area contributed by atoms with Crippen molar-refractivity contribution in [3.8, 4) is 0 Å². The number of carbonyl (C=O) groups excluding carboxylic acids is 1. The van der Waals surface area contributed by atoms with Crippen molar-refractivity contribution in [1.82, 2.24) is 20.3 Å². The Morgan fingerprint density at radius 3 is 2.94 bits per heavy atom. The highest BCUT2D eigenvalue weighted by atomic mass is 35.5. The number of aromatic amines is 1. The summed E-state index contributed by atoms with van der Waals surface area (Å²) in [4.78, 5) is 22.2. The maximum atomic E-state index is 11.6. The molecule has 0 aliphatic carbocycles. The molecule has 2 rings (SSSR count). The van der Waals surface area contributed by atoms with Crippen molar-refractivity contribution in [2.24, 2.45) is 0 Å². The van der Waals surface area contributed by atoms with Gasteiger partial charge in [-0.2, -0.15) is 0 Å². The summed E-state index contributed by atoms with van der Waals surface area (Å²) < 4.78 is 0. The van der Waals surface area contributed by atoms with Crippen LogP contribution >= 0.6 is 11.6 Å². The molecule has 2 aromatic heterocycles. The lowest BCUT2D eigenvalue weighted by Crippen LogP contribution is -2.23. The van der Waals surface area contributed by atoms with Crippen LogP contribution in [0.2, 0.25) is 5.02 Å². The molecule has 2 aromatic rings. The molecule has 0 atom stereocenters. The third-order valence-electron chi connectivity index (χ3n) is 1.95. The average molecular weight is 237 g/mol. The fourth-order valence-electron chi connectivity index (χ4n) is 1.16. The number of rotatable bonds is 3. The Bertz CT molecular complexity index is 466. The van der Waals surface area contributed by atoms with E-state index in [4.69, 9.17) is 11.6 Å². The second-order valence-electron chi connectivity index (χ2n) is 3.12. The fraction of sp³-hybridized carbons (Fsp3) is 0.100. The largest absolute Gasteiger partial charge is 0.347 e. The predicted molar refractivity (Wildman–Crippen MR) is 59.0 cm³/mol. The quantitative estimate of drug-likeness (QED) is 0.846. The van der Waals surface area contributed by atoms with Crippen LogP contribution in [0.1, 0.15) is 16.2 Å². The van der Waals surface area contributed by atoms with Crippen molar-refractivity contribution in [1.29, 1.82) is 0 Å². The molecule has 2 N–H and O–H groups in total. The van der Waals surface area contributed by atoms with Crippen LogP contribution in [0.5, 0.6) is 0 Å². The van der Waals surface area contributed by atoms with Gasteiger partial charge in [0.2, 0.25) is 0 Å². The summed E-state index contributed by atoms with van der Waals surface area (Å²) in [5.74, 6) is -0.244. The van der Waals surface area contributed by atoms with Crippen LogP contribution in [0.25, 0.3) is 0 Å². The van der Waals surface area contributed by atoms with Crippen molar-refractivity contribution in [2.45, 2.75) is 6.54 Å². The van der Waals surface area contributed by atoms with E-state index in [0.717, 1.165) is 5.69 Å². The summed E-state index contributed by atoms with van der Waals surface area (Å²) >= 11 is 5.67. The number of carbonyl (C=O) groups is 1. The van der Waals surface area contributed by atoms with E-state index in [1.54, 1.807) is 24.7 Å². The zero-order valence-corrected chi connectivity index (χ0v) is 9.03. The second-order valence-corrected chi connectivity index (χ2v) is 3.56. The Morgan fingerprint density at radius 1 is 1.44 bits per heavy atom. The molecule has 5 nitrogen and oxygen atoms in total. The van der Waals surface area contributed by atoms with Gasteiger partial charge in [-0.1, -0.05) is 11.6 Å². The van der Waals surface area contributed by atoms with Gasteiger partial charge in [-0.3, -0.25) is 4.79 Å². The van der Waals surface area contributed by atoms with Crippen molar-refractivity contribution >= 4 is 17.5 Å². The van der Waals surface area contributed by atoms with Crippen LogP contribution in [0.15, 0.2) is 30.9 Å². The monoisotopic (exact) mass is 236 g/mol. The lowest BCUT2D eigenvalue weighted by molar-refractivity contribution is 0.0945. The predicted octanol–water partition coefficient (Wildman–Crippen LogP) is 1.39. The molecule has 82 valence electrons. The lowest BCUT2D eigenvalue weighted by atomic mass is 10.3. The van der Waals surface area contributed by atoms with E-state index >= 15 is 0 Å². The van der Waals surface area contributed by atoms with Gasteiger partial charge in [-0.05, 0) is 12.1 Å². The summed E-state index contributed by atoms with van der Waals surface area (Å²) in [6.07, 6.45) is 4.64. The summed E-state index contributed by atoms with van der Waals surface area (Å²) in [5, 5.41) is 3.21. The molecule has 0 unspecified atom stereocenters. The molecule has 0 fully saturated rings. The molecule has 0 aliphatic heterocycles. The molecule has 0 saturated carbocycles. The summed E-state index contributed by atoms with van der Waals surface area (Å²) in [6.45, 7) is 0.392. The summed E-state index contributed by atoms with van der Waals surface area (Å²) in [5.41, 5.74) is 1.17. The van der Waals surface area contributed by atoms with Crippen LogP contribution in [0.4, 0.5) is 0 Å². The zero-order chi connectivity index (χ0) is 11.4. The number of pyridine rings is 1. The van der Waals surface area contributed by atoms with E-state index in [1.807, 2.05) is 0 Å². The van der Waals surface area contributed by atoms with Gasteiger partial charge < -0.3 is 10.3 Å². The normalized spacial score (nSPS) is 10.1. The van der Waals surface area contributed by atoms with Crippen LogP contribution in [0, 0.1) is 0 Å². The highest BCUT2D eigenvalue weighted by Gasteiger charge is 2.06. The number of nitrogens with one attached hydrogen (secondary N) is 2. The van der Waals surface area contributed by atoms with Crippen molar-refractivity contribution in [2.75, 3.05) is 0 Å². The first kappa shape index (κ1) is 10.6. The van der Waals surface area contributed by atoms with Gasteiger partial charge in [-0.25, -0.2) is 9.97 Å². The molecule has 0 saturated heterocycles. The van der Waals surface area contributed by atoms with Gasteiger partial charge in [0.05, 0.1) is 23.6 Å². The number of nitrogens with zero attached hydrogens (tertiary/aromatic N) is 2. The molecule has 1 amide bonds. The van der Waals surface area contributed by atoms with Crippen LogP contribution in [0.3, 0.4) is 0 Å². The third-order valence-corrected chi connectivity index (χ3v) is 2.18. The molecule has 0 bridgehead atoms. The molecular formula is C10H9ClN4O. The Labute approximate surface area is 96.9 Å². The van der Waals surface area contributed by atoms with Gasteiger partial charge in [-0.15, -0.1) is 0 Å². The van der Waals surface area contributed by atoms with Crippen LogP contribution < -0.4 is 5.32 Å². The van der Waals surface area contributed by atoms with Crippen molar-refractivity contribution < 1.29 is 4.79 Å². The number of H-pyrrole nitrogens is 1. The maximum absolute atomic E-state index is 11.6. The molecule has 0 spiro atoms. The standard InChI is InChI=1S/C10H9ClN4O/c11-7-1-2-9(13-3-7)10(16)14-5-8-4-12-6-15-8/h1-4,6H,5H2,(H,12,15)(H,14,16). The second kappa shape index (κ2) is 4.76. The number of hydrogen-bond acceptors (Lipinski definition) is 3. The maximum Gasteiger partial charge on any atom is 0.270 e. The highest BCUT2D eigenvalue weighted by Crippen LogP contribution is 2.06. The molecular weight excluding hydrogens is 228 g/mol.